The lowest BCUT2D eigenvalue weighted by molar-refractivity contribution is -0.131. The maximum absolute atomic E-state index is 12.8. The second kappa shape index (κ2) is 8.99. The van der Waals surface area contributed by atoms with Gasteiger partial charge in [0.25, 0.3) is 0 Å². The van der Waals surface area contributed by atoms with Gasteiger partial charge >= 0.3 is 0 Å². The highest BCUT2D eigenvalue weighted by atomic mass is 32.2. The van der Waals surface area contributed by atoms with E-state index in [0.29, 0.717) is 6.42 Å². The highest BCUT2D eigenvalue weighted by Crippen LogP contribution is 2.39. The van der Waals surface area contributed by atoms with Crippen LogP contribution in [0, 0.1) is 0 Å². The topological polar surface area (TPSA) is 38.8 Å². The number of thioether (sulfide) groups is 1. The van der Waals surface area contributed by atoms with Crippen molar-refractivity contribution >= 4 is 17.7 Å². The molecule has 1 aliphatic rings. The molecule has 4 nitrogen and oxygen atoms in total. The fourth-order valence-electron chi connectivity index (χ4n) is 3.40. The highest BCUT2D eigenvalue weighted by Gasteiger charge is 2.31. The van der Waals surface area contributed by atoms with Crippen LogP contribution in [0.1, 0.15) is 30.9 Å². The molecule has 1 saturated heterocycles. The second-order valence-corrected chi connectivity index (χ2v) is 7.43. The Morgan fingerprint density at radius 3 is 2.69 bits per heavy atom. The summed E-state index contributed by atoms with van der Waals surface area (Å²) in [6.45, 7) is 0.805. The van der Waals surface area contributed by atoms with Crippen LogP contribution in [0.5, 0.6) is 11.5 Å². The highest BCUT2D eigenvalue weighted by molar-refractivity contribution is 7.99. The molecule has 3 rings (SSSR count). The van der Waals surface area contributed by atoms with Gasteiger partial charge in [0.15, 0.2) is 0 Å². The van der Waals surface area contributed by atoms with Crippen molar-refractivity contribution in [3.8, 4) is 11.5 Å². The number of carbonyl (C=O) groups is 1. The summed E-state index contributed by atoms with van der Waals surface area (Å²) in [6.07, 6.45) is 2.52. The quantitative estimate of drug-likeness (QED) is 0.669. The maximum Gasteiger partial charge on any atom is 0.223 e. The lowest BCUT2D eigenvalue weighted by Crippen LogP contribution is -2.31. The molecule has 26 heavy (non-hydrogen) atoms. The number of benzene rings is 2. The van der Waals surface area contributed by atoms with Crippen molar-refractivity contribution in [2.45, 2.75) is 30.2 Å². The minimum atomic E-state index is 0.0641. The zero-order valence-electron chi connectivity index (χ0n) is 15.3. The Labute approximate surface area is 159 Å². The molecule has 2 aromatic rings. The summed E-state index contributed by atoms with van der Waals surface area (Å²) in [5.41, 5.74) is 1.04. The molecule has 1 heterocycles. The summed E-state index contributed by atoms with van der Waals surface area (Å²) in [4.78, 5) is 16.0. The predicted molar refractivity (Wildman–Crippen MR) is 105 cm³/mol. The lowest BCUT2D eigenvalue weighted by atomic mass is 10.0. The van der Waals surface area contributed by atoms with Crippen molar-refractivity contribution in [2.75, 3.05) is 26.5 Å². The molecule has 1 amide bonds. The van der Waals surface area contributed by atoms with Gasteiger partial charge in [-0.05, 0) is 43.2 Å². The minimum Gasteiger partial charge on any atom is -0.497 e. The van der Waals surface area contributed by atoms with Crippen molar-refractivity contribution in [2.24, 2.45) is 0 Å². The van der Waals surface area contributed by atoms with E-state index in [2.05, 4.69) is 12.1 Å². The zero-order chi connectivity index (χ0) is 18.4. The van der Waals surface area contributed by atoms with Gasteiger partial charge < -0.3 is 14.4 Å². The van der Waals surface area contributed by atoms with E-state index in [1.807, 2.05) is 41.3 Å². The van der Waals surface area contributed by atoms with Crippen LogP contribution in [0.3, 0.4) is 0 Å². The van der Waals surface area contributed by atoms with E-state index in [1.54, 1.807) is 26.0 Å². The third kappa shape index (κ3) is 4.33. The van der Waals surface area contributed by atoms with Crippen LogP contribution < -0.4 is 9.47 Å². The summed E-state index contributed by atoms with van der Waals surface area (Å²) >= 11 is 1.73. The number of nitrogens with zero attached hydrogens (tertiary/aromatic N) is 1. The van der Waals surface area contributed by atoms with Gasteiger partial charge in [-0.25, -0.2) is 0 Å². The third-order valence-electron chi connectivity index (χ3n) is 4.70. The Kier molecular flexibility index (Phi) is 6.45. The first-order valence-corrected chi connectivity index (χ1v) is 9.90. The molecule has 0 radical (unpaired) electrons. The second-order valence-electron chi connectivity index (χ2n) is 6.26. The van der Waals surface area contributed by atoms with Gasteiger partial charge in [-0.3, -0.25) is 4.79 Å². The Balaban J connectivity index is 1.67. The zero-order valence-corrected chi connectivity index (χ0v) is 16.1. The van der Waals surface area contributed by atoms with Crippen LogP contribution in [0.25, 0.3) is 0 Å². The smallest absolute Gasteiger partial charge is 0.223 e. The fourth-order valence-corrected chi connectivity index (χ4v) is 4.27. The maximum atomic E-state index is 12.8. The average molecular weight is 372 g/mol. The Bertz CT molecular complexity index is 735. The van der Waals surface area contributed by atoms with Crippen LogP contribution in [0.15, 0.2) is 53.4 Å². The first kappa shape index (κ1) is 18.6. The Hall–Kier alpha value is -2.14. The van der Waals surface area contributed by atoms with E-state index < -0.39 is 0 Å². The van der Waals surface area contributed by atoms with Gasteiger partial charge in [0.2, 0.25) is 5.91 Å². The molecule has 138 valence electrons. The monoisotopic (exact) mass is 371 g/mol. The molecule has 0 aliphatic carbocycles. The summed E-state index contributed by atoms with van der Waals surface area (Å²) in [5.74, 6) is 2.61. The molecule has 0 bridgehead atoms. The van der Waals surface area contributed by atoms with Gasteiger partial charge in [-0.2, -0.15) is 0 Å². The number of methoxy groups -OCH3 is 2. The van der Waals surface area contributed by atoms with E-state index in [0.717, 1.165) is 42.2 Å². The predicted octanol–water partition coefficient (Wildman–Crippen LogP) is 4.55. The molecule has 1 atom stereocenters. The number of ether oxygens (including phenoxy) is 2. The SMILES string of the molecule is COc1ccc(OC)c(C2CCCN2C(=O)CCSc2ccccc2)c1. The van der Waals surface area contributed by atoms with Crippen LogP contribution in [0.4, 0.5) is 0 Å². The third-order valence-corrected chi connectivity index (χ3v) is 5.71. The van der Waals surface area contributed by atoms with Gasteiger partial charge in [0.05, 0.1) is 20.3 Å². The van der Waals surface area contributed by atoms with Gasteiger partial charge in [0, 0.05) is 29.2 Å². The van der Waals surface area contributed by atoms with Crippen LogP contribution >= 0.6 is 11.8 Å². The molecule has 0 N–H and O–H groups in total. The van der Waals surface area contributed by atoms with Crippen molar-refractivity contribution in [1.29, 1.82) is 0 Å². The Morgan fingerprint density at radius 1 is 1.15 bits per heavy atom. The normalized spacial score (nSPS) is 16.5. The fraction of sp³-hybridized carbons (Fsp3) is 0.381. The van der Waals surface area contributed by atoms with Crippen LogP contribution in [-0.4, -0.2) is 37.3 Å². The molecule has 1 fully saturated rings. The van der Waals surface area contributed by atoms with Crippen LogP contribution in [0.2, 0.25) is 0 Å². The molecule has 2 aromatic carbocycles. The first-order valence-electron chi connectivity index (χ1n) is 8.92. The van der Waals surface area contributed by atoms with E-state index in [9.17, 15) is 4.79 Å². The van der Waals surface area contributed by atoms with Gasteiger partial charge in [0.1, 0.15) is 11.5 Å². The molecular weight excluding hydrogens is 346 g/mol. The number of carbonyl (C=O) groups excluding carboxylic acids is 1. The van der Waals surface area contributed by atoms with Crippen molar-refractivity contribution in [1.82, 2.24) is 4.90 Å². The number of hydrogen-bond donors (Lipinski definition) is 0. The summed E-state index contributed by atoms with van der Waals surface area (Å²) in [5, 5.41) is 0. The number of likely N-dealkylation sites (tertiary alicyclic amines) is 1. The summed E-state index contributed by atoms with van der Waals surface area (Å²) in [7, 11) is 3.33. The molecule has 0 spiro atoms. The van der Waals surface area contributed by atoms with Crippen molar-refractivity contribution in [3.05, 3.63) is 54.1 Å². The molecule has 5 heteroatoms. The molecule has 0 aromatic heterocycles. The van der Waals surface area contributed by atoms with E-state index in [4.69, 9.17) is 9.47 Å². The lowest BCUT2D eigenvalue weighted by Gasteiger charge is -2.26. The van der Waals surface area contributed by atoms with E-state index in [1.165, 1.54) is 4.90 Å². The Morgan fingerprint density at radius 2 is 1.96 bits per heavy atom. The van der Waals surface area contributed by atoms with Crippen molar-refractivity contribution < 1.29 is 14.3 Å². The molecule has 1 aliphatic heterocycles. The summed E-state index contributed by atoms with van der Waals surface area (Å²) < 4.78 is 10.9. The number of amides is 1. The van der Waals surface area contributed by atoms with Gasteiger partial charge in [-0.1, -0.05) is 18.2 Å². The van der Waals surface area contributed by atoms with Crippen LogP contribution in [-0.2, 0) is 4.79 Å². The van der Waals surface area contributed by atoms with E-state index in [-0.39, 0.29) is 11.9 Å². The standard InChI is InChI=1S/C21H25NO3S/c1-24-16-10-11-20(25-2)18(15-16)19-9-6-13-22(19)21(23)12-14-26-17-7-4-3-5-8-17/h3-5,7-8,10-11,15,19H,6,9,12-14H2,1-2H3. The molecule has 1 unspecified atom stereocenters. The average Bonchev–Trinajstić information content (AvgIpc) is 3.18. The van der Waals surface area contributed by atoms with E-state index >= 15 is 0 Å². The first-order chi connectivity index (χ1) is 12.7. The molecule has 0 saturated carbocycles. The minimum absolute atomic E-state index is 0.0641. The van der Waals surface area contributed by atoms with Gasteiger partial charge in [-0.15, -0.1) is 11.8 Å². The number of hydrogen-bond acceptors (Lipinski definition) is 4. The molecular formula is C21H25NO3S. The summed E-state index contributed by atoms with van der Waals surface area (Å²) in [6, 6.07) is 16.1. The largest absolute Gasteiger partial charge is 0.497 e. The number of rotatable bonds is 7. The van der Waals surface area contributed by atoms with Crippen molar-refractivity contribution in [3.63, 3.8) is 0 Å².